The molecule has 10 aromatic rings. The van der Waals surface area contributed by atoms with Crippen LogP contribution < -0.4 is 46.2 Å². The number of nitrogens with one attached hydrogen (secondary N) is 5. The predicted octanol–water partition coefficient (Wildman–Crippen LogP) is 20.7. The topological polar surface area (TPSA) is 273 Å². The number of anilines is 6. The first kappa shape index (κ1) is 99.9. The highest BCUT2D eigenvalue weighted by Gasteiger charge is 2.67. The molecule has 0 aliphatic carbocycles. The molecule has 5 N–H and O–H groups in total. The Morgan fingerprint density at radius 3 is 1.15 bits per heavy atom. The summed E-state index contributed by atoms with van der Waals surface area (Å²) < 4.78 is 104. The summed E-state index contributed by atoms with van der Waals surface area (Å²) in [5.74, 6) is -0.360. The summed E-state index contributed by atoms with van der Waals surface area (Å²) in [5, 5.41) is 15.7. The fourth-order valence-electron chi connectivity index (χ4n) is 21.6. The van der Waals surface area contributed by atoms with Gasteiger partial charge in [0.2, 0.25) is 35.4 Å². The molecule has 20 rings (SSSR count). The van der Waals surface area contributed by atoms with E-state index in [2.05, 4.69) is 31.6 Å². The Hall–Kier alpha value is -13.7. The number of likely N-dealkylation sites (N-methyl/N-ethyl adjacent to an activating group) is 1. The number of hydrogen-bond acceptors (Lipinski definition) is 11. The second kappa shape index (κ2) is 41.9. The van der Waals surface area contributed by atoms with Crippen molar-refractivity contribution < 1.29 is 83.1 Å². The maximum Gasteiger partial charge on any atom is 0.416 e. The second-order valence-electron chi connectivity index (χ2n) is 37.5. The quantitative estimate of drug-likeness (QED) is 0.0567. The zero-order valence-electron chi connectivity index (χ0n) is 77.4. The van der Waals surface area contributed by atoms with E-state index in [1.54, 1.807) is 124 Å². The normalized spacial score (nSPS) is 21.6. The van der Waals surface area contributed by atoms with Gasteiger partial charge in [-0.25, -0.2) is 32.9 Å². The molecule has 25 nitrogen and oxygen atoms in total. The number of likely N-dealkylation sites (tertiary alicyclic amines) is 5. The molecule has 0 saturated carbocycles. The summed E-state index contributed by atoms with van der Waals surface area (Å²) in [6, 6.07) is 64.5. The monoisotopic (exact) mass is 2000 g/mol. The largest absolute Gasteiger partial charge is 0.416 e. The van der Waals surface area contributed by atoms with Crippen LogP contribution in [0.2, 0.25) is 15.1 Å². The first-order chi connectivity index (χ1) is 68.2. The van der Waals surface area contributed by atoms with Gasteiger partial charge in [0.25, 0.3) is 0 Å². The second-order valence-corrected chi connectivity index (χ2v) is 38.8. The number of hydrogen-bond donors (Lipinski definition) is 5. The number of carbonyl (C=O) groups excluding carboxylic acids is 10. The van der Waals surface area contributed by atoms with Crippen molar-refractivity contribution in [3.8, 4) is 0 Å². The average Bonchev–Trinajstić information content (AvgIpc) is 0.716. The number of piperidine rings is 4. The van der Waals surface area contributed by atoms with Crippen LogP contribution in [0.25, 0.3) is 0 Å². The maximum absolute atomic E-state index is 13.6. The molecular weight excluding hydrogens is 1900 g/mol. The average molecular weight is 2010 g/mol. The lowest BCUT2D eigenvalue weighted by Crippen LogP contribution is -2.67. The molecule has 6 atom stereocenters. The lowest BCUT2D eigenvalue weighted by Gasteiger charge is -2.59. The molecule has 1 aromatic heterocycles. The highest BCUT2D eigenvalue weighted by molar-refractivity contribution is 6.31. The van der Waals surface area contributed by atoms with Crippen LogP contribution in [0.15, 0.2) is 255 Å². The molecule has 9 aromatic carbocycles. The number of β-lactam (4-membered cyclic amide) rings is 4. The van der Waals surface area contributed by atoms with Crippen molar-refractivity contribution in [3.05, 3.63) is 315 Å². The molecule has 10 fully saturated rings. The molecule has 10 aliphatic heterocycles. The van der Waals surface area contributed by atoms with Crippen molar-refractivity contribution >= 4 is 129 Å². The first-order valence-electron chi connectivity index (χ1n) is 47.4. The SMILES string of the molecule is CN1CCCC[C@H](NC(=O)N2CCC3(CC2)C(=O)N(c2ccc(F)cc2)C3c2ccc(Cl)cc2)C1=O.O=C(Nc1ccc(C(F)(F)F)cc1)N1CCC2(CC1)C(=O)N(c1ccccn1)C2c1ccccc1.O=C(Nc1cccc(C(F)(F)F)c1)N1CCC2(CC1)C(=O)N(c1ccccc1)C2c1ccc(Cl)cc1.O=C1NCCCC[C@@H]1NC(=O)N1CCC2(CC1)C(=O)N(c1ccc(F)cc1)C2c1ccc(Cl)cc1. The van der Waals surface area contributed by atoms with E-state index < -0.39 is 69.3 Å². The number of carbonyl (C=O) groups is 10. The molecule has 10 aliphatic rings. The van der Waals surface area contributed by atoms with Gasteiger partial charge in [-0.05, 0) is 264 Å². The minimum Gasteiger partial charge on any atom is -0.354 e. The van der Waals surface area contributed by atoms with E-state index in [0.717, 1.165) is 77.9 Å². The van der Waals surface area contributed by atoms with Crippen molar-refractivity contribution in [2.75, 3.05) is 103 Å². The third kappa shape index (κ3) is 20.5. The zero-order chi connectivity index (χ0) is 100. The number of benzene rings is 9. The molecule has 0 radical (unpaired) electrons. The minimum absolute atomic E-state index is 0.00610. The van der Waals surface area contributed by atoms with Gasteiger partial charge in [0.15, 0.2) is 0 Å². The predicted molar refractivity (Wildman–Crippen MR) is 522 cm³/mol. The highest BCUT2D eigenvalue weighted by Crippen LogP contribution is 2.62. The molecular formula is C106H104Cl3F8N15O10. The van der Waals surface area contributed by atoms with Gasteiger partial charge >= 0.3 is 36.5 Å². The molecule has 4 spiro atoms. The van der Waals surface area contributed by atoms with Crippen LogP contribution in [0.3, 0.4) is 0 Å². The van der Waals surface area contributed by atoms with E-state index in [9.17, 15) is 83.1 Å². The molecule has 740 valence electrons. The van der Waals surface area contributed by atoms with Gasteiger partial charge in [-0.2, -0.15) is 26.3 Å². The molecule has 11 heterocycles. The van der Waals surface area contributed by atoms with Gasteiger partial charge in [0, 0.05) is 122 Å². The van der Waals surface area contributed by atoms with E-state index in [0.29, 0.717) is 162 Å². The number of rotatable bonds is 12. The Kier molecular flexibility index (Phi) is 29.5. The highest BCUT2D eigenvalue weighted by atomic mass is 35.5. The van der Waals surface area contributed by atoms with Crippen LogP contribution in [-0.2, 0) is 41.1 Å². The van der Waals surface area contributed by atoms with Gasteiger partial charge in [-0.15, -0.1) is 0 Å². The fraction of sp³-hybridized carbons (Fsp3) is 0.349. The summed E-state index contributed by atoms with van der Waals surface area (Å²) in [7, 11) is 1.77. The lowest BCUT2D eigenvalue weighted by atomic mass is 9.62. The number of pyridine rings is 1. The number of urea groups is 4. The molecule has 142 heavy (non-hydrogen) atoms. The van der Waals surface area contributed by atoms with Gasteiger partial charge < -0.3 is 65.8 Å². The smallest absolute Gasteiger partial charge is 0.354 e. The van der Waals surface area contributed by atoms with Crippen LogP contribution in [0.1, 0.15) is 147 Å². The standard InChI is InChI=1S/C27H23ClF3N3O2.C27H30ClFN4O3.C26H28ClFN4O3.C26H23F3N4O2/c28-20-11-9-18(10-12-20)23-26(24(35)34(23)22-7-2-1-3-8-22)13-15-33(16-14-26)25(36)32-21-6-4-5-19(17-21)27(29,30)31;1-31-15-3-2-4-22(24(31)34)30-26(36)32-16-13-27(14-17-32)23(18-5-7-19(28)8-6-18)33(25(27)35)21-11-9-20(29)10-12-21;27-18-6-4-17(5-7-18)22-26(24(34)32(22)20-10-8-19(28)9-11-20)12-15-31(16-13-26)25(35)30-21-3-1-2-14-29-23(21)33;27-26(28,29)19-9-11-20(12-10-19)31-24(35)32-16-13-25(14-17-32)22(18-6-2-1-3-7-18)33(23(25)34)21-8-4-5-15-30-21/h1-12,17,23H,13-16H2,(H,32,36);5-12,22-23H,2-4,13-17H2,1H3,(H,30,36);4-11,21-22H,1-3,12-16H2,(H,29,33)(H,30,35);1-12,15,22H,13-14,16-17H2,(H,31,35)/t;22-,23?;21-,22?;/m.00./s1. The van der Waals surface area contributed by atoms with Crippen LogP contribution in [-0.4, -0.2) is 174 Å². The molecule has 10 saturated heterocycles. The summed E-state index contributed by atoms with van der Waals surface area (Å²) in [4.78, 5) is 150. The van der Waals surface area contributed by atoms with Crippen LogP contribution in [0.5, 0.6) is 0 Å². The van der Waals surface area contributed by atoms with Crippen molar-refractivity contribution in [2.24, 2.45) is 21.7 Å². The fourth-order valence-corrected chi connectivity index (χ4v) is 22.0. The number of nitrogens with zero attached hydrogens (tertiary/aromatic N) is 10. The van der Waals surface area contributed by atoms with Crippen LogP contribution >= 0.6 is 34.8 Å². The molecule has 4 unspecified atom stereocenters. The van der Waals surface area contributed by atoms with E-state index in [4.69, 9.17) is 34.8 Å². The van der Waals surface area contributed by atoms with Crippen molar-refractivity contribution in [1.82, 2.24) is 45.4 Å². The van der Waals surface area contributed by atoms with E-state index in [-0.39, 0.29) is 94.7 Å². The summed E-state index contributed by atoms with van der Waals surface area (Å²) in [6.45, 7) is 4.32. The van der Waals surface area contributed by atoms with Gasteiger partial charge in [-0.1, -0.05) is 132 Å². The summed E-state index contributed by atoms with van der Waals surface area (Å²) >= 11 is 18.3. The Labute approximate surface area is 830 Å². The van der Waals surface area contributed by atoms with Crippen molar-refractivity contribution in [1.29, 1.82) is 0 Å². The molecule has 14 amide bonds. The van der Waals surface area contributed by atoms with Crippen LogP contribution in [0, 0.1) is 33.3 Å². The van der Waals surface area contributed by atoms with Crippen LogP contribution in [0.4, 0.5) is 88.6 Å². The number of alkyl halides is 6. The Morgan fingerprint density at radius 2 is 0.732 bits per heavy atom. The Bertz CT molecular complexity index is 6260. The van der Waals surface area contributed by atoms with E-state index >= 15 is 0 Å². The Balaban J connectivity index is 0.000000130. The maximum atomic E-state index is 13.6. The van der Waals surface area contributed by atoms with E-state index in [1.807, 2.05) is 109 Å². The third-order valence-corrected chi connectivity index (χ3v) is 30.0. The molecule has 0 bridgehead atoms. The lowest BCUT2D eigenvalue weighted by molar-refractivity contribution is -0.144. The first-order valence-corrected chi connectivity index (χ1v) is 48.5. The van der Waals surface area contributed by atoms with Gasteiger partial charge in [0.05, 0.1) is 57.0 Å². The number of aromatic nitrogens is 1. The molecule has 36 heteroatoms. The minimum atomic E-state index is -4.50. The number of amides is 14. The summed E-state index contributed by atoms with van der Waals surface area (Å²) in [6.07, 6.45) is 1.45. The summed E-state index contributed by atoms with van der Waals surface area (Å²) in [5.41, 5.74) is 2.10. The van der Waals surface area contributed by atoms with Crippen molar-refractivity contribution in [2.45, 2.75) is 138 Å². The third-order valence-electron chi connectivity index (χ3n) is 29.2. The van der Waals surface area contributed by atoms with Gasteiger partial charge in [-0.3, -0.25) is 33.7 Å². The number of halogens is 11. The van der Waals surface area contributed by atoms with E-state index in [1.165, 1.54) is 48.5 Å². The number of para-hydroxylation sites is 1. The van der Waals surface area contributed by atoms with Crippen molar-refractivity contribution in [3.63, 3.8) is 0 Å². The van der Waals surface area contributed by atoms with Gasteiger partial charge in [0.1, 0.15) is 29.5 Å². The zero-order valence-corrected chi connectivity index (χ0v) is 79.7. The Morgan fingerprint density at radius 1 is 0.366 bits per heavy atom.